The highest BCUT2D eigenvalue weighted by Crippen LogP contribution is 2.43. The maximum Gasteiger partial charge on any atom is 0.0379 e. The molecule has 0 spiro atoms. The molecule has 0 saturated heterocycles. The molecular weight excluding hydrogens is 628 g/mol. The Hall–Kier alpha value is -4.81. The zero-order valence-electron chi connectivity index (χ0n) is 29.2. The van der Waals surface area contributed by atoms with Crippen molar-refractivity contribution in [1.82, 2.24) is 0 Å². The lowest BCUT2D eigenvalue weighted by Gasteiger charge is -2.25. The SMILES string of the molecule is C/C(=C\c1ccccc1)c1ccc(P(=S)(c2ccc(/C(C)=C/c3ccccc3)cc2)c2ccc(/C(C)=C/c3ccccc3)cc2)cc1.CC. The van der Waals surface area contributed by atoms with E-state index < -0.39 is 6.04 Å². The van der Waals surface area contributed by atoms with Gasteiger partial charge in [-0.1, -0.05) is 208 Å². The highest BCUT2D eigenvalue weighted by atomic mass is 32.4. The molecule has 49 heavy (non-hydrogen) atoms. The number of hydrogen-bond acceptors (Lipinski definition) is 1. The monoisotopic (exact) mass is 672 g/mol. The fourth-order valence-electron chi connectivity index (χ4n) is 5.90. The van der Waals surface area contributed by atoms with Gasteiger partial charge in [-0.05, 0) is 86.8 Å². The lowest BCUT2D eigenvalue weighted by Crippen LogP contribution is -2.25. The highest BCUT2D eigenvalue weighted by molar-refractivity contribution is 8.25. The maximum absolute atomic E-state index is 6.81. The van der Waals surface area contributed by atoms with E-state index in [1.807, 2.05) is 13.8 Å². The van der Waals surface area contributed by atoms with Gasteiger partial charge in [0.2, 0.25) is 0 Å². The molecule has 0 fully saturated rings. The van der Waals surface area contributed by atoms with Crippen LogP contribution in [0.15, 0.2) is 164 Å². The largest absolute Gasteiger partial charge is 0.0826 e. The summed E-state index contributed by atoms with van der Waals surface area (Å²) in [7, 11) is 0. The molecule has 0 saturated carbocycles. The van der Waals surface area contributed by atoms with E-state index >= 15 is 0 Å². The van der Waals surface area contributed by atoms with E-state index in [2.05, 4.69) is 203 Å². The van der Waals surface area contributed by atoms with Crippen LogP contribution in [0.3, 0.4) is 0 Å². The van der Waals surface area contributed by atoms with Crippen molar-refractivity contribution in [3.8, 4) is 0 Å². The number of hydrogen-bond donors (Lipinski definition) is 0. The van der Waals surface area contributed by atoms with Crippen LogP contribution in [0.4, 0.5) is 0 Å². The second-order valence-electron chi connectivity index (χ2n) is 12.0. The zero-order valence-corrected chi connectivity index (χ0v) is 30.9. The van der Waals surface area contributed by atoms with Crippen LogP contribution in [-0.4, -0.2) is 0 Å². The van der Waals surface area contributed by atoms with E-state index in [4.69, 9.17) is 11.8 Å². The average molecular weight is 673 g/mol. The van der Waals surface area contributed by atoms with E-state index in [1.165, 1.54) is 66.0 Å². The lowest BCUT2D eigenvalue weighted by atomic mass is 10.0. The Labute approximate surface area is 299 Å². The van der Waals surface area contributed by atoms with Crippen LogP contribution in [0.2, 0.25) is 0 Å². The molecule has 6 aromatic carbocycles. The predicted molar refractivity (Wildman–Crippen MR) is 224 cm³/mol. The zero-order chi connectivity index (χ0) is 34.6. The molecule has 6 rings (SSSR count). The average Bonchev–Trinajstić information content (AvgIpc) is 3.16. The van der Waals surface area contributed by atoms with Crippen molar-refractivity contribution >= 4 is 68.7 Å². The summed E-state index contributed by atoms with van der Waals surface area (Å²) in [6.07, 6.45) is 6.71. The highest BCUT2D eigenvalue weighted by Gasteiger charge is 2.25. The first-order valence-corrected chi connectivity index (χ1v) is 19.8. The molecule has 0 radical (unpaired) electrons. The summed E-state index contributed by atoms with van der Waals surface area (Å²) in [5.41, 5.74) is 10.9. The third-order valence-electron chi connectivity index (χ3n) is 8.61. The molecule has 0 aliphatic heterocycles. The van der Waals surface area contributed by atoms with E-state index in [0.717, 1.165) is 0 Å². The summed E-state index contributed by atoms with van der Waals surface area (Å²) in [6, 6.07) is 56.0. The first-order chi connectivity index (χ1) is 23.9. The Morgan fingerprint density at radius 2 is 0.592 bits per heavy atom. The Morgan fingerprint density at radius 3 is 0.816 bits per heavy atom. The summed E-state index contributed by atoms with van der Waals surface area (Å²) >= 11 is 6.81. The van der Waals surface area contributed by atoms with Gasteiger partial charge in [0.15, 0.2) is 0 Å². The van der Waals surface area contributed by atoms with Crippen molar-refractivity contribution < 1.29 is 0 Å². The predicted octanol–water partition coefficient (Wildman–Crippen LogP) is 12.2. The normalized spacial score (nSPS) is 12.2. The lowest BCUT2D eigenvalue weighted by molar-refractivity contribution is 1.50. The van der Waals surface area contributed by atoms with E-state index in [9.17, 15) is 0 Å². The van der Waals surface area contributed by atoms with Crippen molar-refractivity contribution in [2.45, 2.75) is 34.6 Å². The molecule has 0 heterocycles. The number of rotatable bonds is 9. The van der Waals surface area contributed by atoms with Crippen LogP contribution in [0.25, 0.3) is 34.9 Å². The van der Waals surface area contributed by atoms with Gasteiger partial charge in [0.25, 0.3) is 0 Å². The summed E-state index contributed by atoms with van der Waals surface area (Å²) in [5.74, 6) is 0. The molecular formula is C47H45PS. The van der Waals surface area contributed by atoms with Gasteiger partial charge in [-0.3, -0.25) is 0 Å². The van der Waals surface area contributed by atoms with Crippen molar-refractivity contribution in [2.24, 2.45) is 0 Å². The van der Waals surface area contributed by atoms with E-state index in [-0.39, 0.29) is 0 Å². The van der Waals surface area contributed by atoms with Gasteiger partial charge in [0, 0.05) is 6.04 Å². The summed E-state index contributed by atoms with van der Waals surface area (Å²) in [6.45, 7) is 10.5. The topological polar surface area (TPSA) is 0 Å². The Morgan fingerprint density at radius 1 is 0.367 bits per heavy atom. The van der Waals surface area contributed by atoms with Gasteiger partial charge in [0.1, 0.15) is 0 Å². The molecule has 0 bridgehead atoms. The third kappa shape index (κ3) is 8.81. The minimum absolute atomic E-state index is 1.19. The van der Waals surface area contributed by atoms with Crippen LogP contribution in [-0.2, 0) is 11.8 Å². The van der Waals surface area contributed by atoms with Crippen LogP contribution in [0, 0.1) is 0 Å². The fourth-order valence-corrected chi connectivity index (χ4v) is 9.59. The van der Waals surface area contributed by atoms with Crippen molar-refractivity contribution in [1.29, 1.82) is 0 Å². The molecule has 6 aromatic rings. The molecule has 0 aliphatic carbocycles. The Bertz CT molecular complexity index is 1820. The maximum atomic E-state index is 6.81. The summed E-state index contributed by atoms with van der Waals surface area (Å²) in [4.78, 5) is 0. The van der Waals surface area contributed by atoms with Gasteiger partial charge >= 0.3 is 0 Å². The molecule has 0 aliphatic rings. The second kappa shape index (κ2) is 17.0. The Balaban J connectivity index is 0.00000230. The molecule has 0 aromatic heterocycles. The molecule has 0 nitrogen and oxygen atoms in total. The second-order valence-corrected chi connectivity index (χ2v) is 16.4. The fraction of sp³-hybridized carbons (Fsp3) is 0.106. The molecule has 0 N–H and O–H groups in total. The minimum atomic E-state index is -2.35. The Kier molecular flexibility index (Phi) is 12.3. The summed E-state index contributed by atoms with van der Waals surface area (Å²) < 4.78 is 0. The molecule has 0 amide bonds. The van der Waals surface area contributed by atoms with Gasteiger partial charge in [-0.15, -0.1) is 0 Å². The van der Waals surface area contributed by atoms with Gasteiger partial charge in [0.05, 0.1) is 0 Å². The number of allylic oxidation sites excluding steroid dienone is 3. The van der Waals surface area contributed by atoms with Crippen LogP contribution < -0.4 is 15.9 Å². The van der Waals surface area contributed by atoms with Crippen molar-refractivity contribution in [3.63, 3.8) is 0 Å². The van der Waals surface area contributed by atoms with Crippen LogP contribution in [0.1, 0.15) is 68.0 Å². The molecule has 0 atom stereocenters. The molecule has 244 valence electrons. The van der Waals surface area contributed by atoms with E-state index in [0.29, 0.717) is 0 Å². The van der Waals surface area contributed by atoms with Gasteiger partial charge < -0.3 is 0 Å². The smallest absolute Gasteiger partial charge is 0.0379 e. The standard InChI is InChI=1S/C45H39PS.C2H6/c1-34(31-37-13-7-4-8-14-37)40-19-25-43(26-20-40)46(47,44-27-21-41(22-28-44)35(2)32-38-15-9-5-10-16-38)45-29-23-42(24-30-45)36(3)33-39-17-11-6-12-18-39;1-2/h4-33H,1-3H3;1-2H3/b34-31+,35-32+,36-33+;. The van der Waals surface area contributed by atoms with Gasteiger partial charge in [-0.25, -0.2) is 0 Å². The minimum Gasteiger partial charge on any atom is -0.0826 e. The molecule has 0 unspecified atom stereocenters. The summed E-state index contributed by atoms with van der Waals surface area (Å²) in [5, 5.41) is 3.58. The third-order valence-corrected chi connectivity index (χ3v) is 13.6. The van der Waals surface area contributed by atoms with E-state index in [1.54, 1.807) is 0 Å². The quantitative estimate of drug-likeness (QED) is 0.109. The first kappa shape index (κ1) is 35.5. The van der Waals surface area contributed by atoms with Crippen LogP contribution >= 0.6 is 6.04 Å². The van der Waals surface area contributed by atoms with Crippen molar-refractivity contribution in [2.75, 3.05) is 0 Å². The van der Waals surface area contributed by atoms with Crippen LogP contribution in [0.5, 0.6) is 0 Å². The molecule has 2 heteroatoms. The first-order valence-electron chi connectivity index (χ1n) is 17.0. The number of benzene rings is 6. The van der Waals surface area contributed by atoms with Crippen molar-refractivity contribution in [3.05, 3.63) is 197 Å². The van der Waals surface area contributed by atoms with Gasteiger partial charge in [-0.2, -0.15) is 0 Å².